The Balaban J connectivity index is 2.97. The minimum Gasteiger partial charge on any atom is -0.392 e. The van der Waals surface area contributed by atoms with Crippen molar-refractivity contribution < 1.29 is 5.11 Å². The molecule has 27 heavy (non-hydrogen) atoms. The Hall–Kier alpha value is -2.37. The number of rotatable bonds is 7. The summed E-state index contributed by atoms with van der Waals surface area (Å²) in [5.41, 5.74) is 6.84. The summed E-state index contributed by atoms with van der Waals surface area (Å²) in [5.74, 6) is 3.30. The SMILES string of the molecule is C#Cc1ccccc1-c1c(/C=C/CCC)c(C(C)C)nc(C(C)C)c1CO. The van der Waals surface area contributed by atoms with Gasteiger partial charge in [0.1, 0.15) is 0 Å². The molecule has 0 aliphatic heterocycles. The minimum atomic E-state index is -0.0538. The Morgan fingerprint density at radius 3 is 2.33 bits per heavy atom. The van der Waals surface area contributed by atoms with Gasteiger partial charge in [-0.05, 0) is 35.4 Å². The van der Waals surface area contributed by atoms with E-state index in [0.717, 1.165) is 52.0 Å². The average molecular weight is 362 g/mol. The lowest BCUT2D eigenvalue weighted by molar-refractivity contribution is 0.280. The smallest absolute Gasteiger partial charge is 0.0706 e. The molecule has 0 saturated carbocycles. The molecule has 0 bridgehead atoms. The van der Waals surface area contributed by atoms with Crippen LogP contribution in [-0.4, -0.2) is 10.1 Å². The topological polar surface area (TPSA) is 33.1 Å². The molecule has 0 aliphatic rings. The first-order valence-electron chi connectivity index (χ1n) is 9.86. The number of benzene rings is 1. The molecule has 2 rings (SSSR count). The summed E-state index contributed by atoms with van der Waals surface area (Å²) in [7, 11) is 0. The van der Waals surface area contributed by atoms with E-state index in [1.807, 2.05) is 18.2 Å². The van der Waals surface area contributed by atoms with Crippen molar-refractivity contribution >= 4 is 6.08 Å². The summed E-state index contributed by atoms with van der Waals surface area (Å²) in [6.07, 6.45) is 12.3. The second-order valence-corrected chi connectivity index (χ2v) is 7.50. The molecule has 1 heterocycles. The normalized spacial score (nSPS) is 11.5. The number of aliphatic hydroxyl groups excluding tert-OH is 1. The van der Waals surface area contributed by atoms with Gasteiger partial charge in [-0.1, -0.05) is 77.3 Å². The van der Waals surface area contributed by atoms with E-state index >= 15 is 0 Å². The Labute approximate surface area is 164 Å². The van der Waals surface area contributed by atoms with Crippen molar-refractivity contribution in [2.24, 2.45) is 0 Å². The average Bonchev–Trinajstić information content (AvgIpc) is 2.66. The molecule has 0 amide bonds. The van der Waals surface area contributed by atoms with Gasteiger partial charge in [-0.25, -0.2) is 0 Å². The maximum atomic E-state index is 10.3. The molecule has 1 aromatic carbocycles. The molecule has 1 aromatic heterocycles. The van der Waals surface area contributed by atoms with Gasteiger partial charge in [-0.15, -0.1) is 6.42 Å². The zero-order valence-electron chi connectivity index (χ0n) is 17.2. The van der Waals surface area contributed by atoms with E-state index in [9.17, 15) is 5.11 Å². The second-order valence-electron chi connectivity index (χ2n) is 7.50. The van der Waals surface area contributed by atoms with E-state index in [4.69, 9.17) is 11.4 Å². The number of nitrogens with zero attached hydrogens (tertiary/aromatic N) is 1. The molecule has 0 atom stereocenters. The first-order valence-corrected chi connectivity index (χ1v) is 9.86. The molecular formula is C25H31NO. The number of pyridine rings is 1. The van der Waals surface area contributed by atoms with Crippen molar-refractivity contribution in [1.82, 2.24) is 4.98 Å². The van der Waals surface area contributed by atoms with Crippen LogP contribution in [0.4, 0.5) is 0 Å². The van der Waals surface area contributed by atoms with Gasteiger partial charge in [0.2, 0.25) is 0 Å². The van der Waals surface area contributed by atoms with Gasteiger partial charge in [0.05, 0.1) is 12.3 Å². The van der Waals surface area contributed by atoms with Crippen molar-refractivity contribution in [3.05, 3.63) is 58.4 Å². The van der Waals surface area contributed by atoms with Gasteiger partial charge >= 0.3 is 0 Å². The molecule has 1 N–H and O–H groups in total. The highest BCUT2D eigenvalue weighted by atomic mass is 16.3. The first-order chi connectivity index (χ1) is 13.0. The van der Waals surface area contributed by atoms with Crippen LogP contribution < -0.4 is 0 Å². The Morgan fingerprint density at radius 1 is 1.11 bits per heavy atom. The Kier molecular flexibility index (Phi) is 7.39. The van der Waals surface area contributed by atoms with Crippen molar-refractivity contribution in [1.29, 1.82) is 0 Å². The molecule has 0 unspecified atom stereocenters. The molecular weight excluding hydrogens is 330 g/mol. The van der Waals surface area contributed by atoms with E-state index in [2.05, 4.69) is 58.8 Å². The molecule has 0 fully saturated rings. The predicted molar refractivity (Wildman–Crippen MR) is 116 cm³/mol. The molecule has 2 heteroatoms. The van der Waals surface area contributed by atoms with Gasteiger partial charge in [0, 0.05) is 22.4 Å². The molecule has 0 aliphatic carbocycles. The molecule has 2 nitrogen and oxygen atoms in total. The van der Waals surface area contributed by atoms with Crippen LogP contribution in [0.15, 0.2) is 30.3 Å². The lowest BCUT2D eigenvalue weighted by Crippen LogP contribution is -2.11. The third kappa shape index (κ3) is 4.49. The summed E-state index contributed by atoms with van der Waals surface area (Å²) in [5, 5.41) is 10.3. The fraction of sp³-hybridized carbons (Fsp3) is 0.400. The van der Waals surface area contributed by atoms with E-state index in [1.54, 1.807) is 0 Å². The van der Waals surface area contributed by atoms with Gasteiger partial charge < -0.3 is 5.11 Å². The van der Waals surface area contributed by atoms with Crippen molar-refractivity contribution in [2.45, 2.75) is 65.9 Å². The molecule has 0 saturated heterocycles. The second kappa shape index (κ2) is 9.53. The standard InChI is InChI=1S/C25H31NO/c1-7-9-10-15-21-23(20-14-12-11-13-19(20)8-2)22(16-27)25(18(5)6)26-24(21)17(3)4/h2,10-15,17-18,27H,7,9,16H2,1,3-6H3/b15-10+. The van der Waals surface area contributed by atoms with Crippen LogP contribution in [0.2, 0.25) is 0 Å². The summed E-state index contributed by atoms with van der Waals surface area (Å²) in [4.78, 5) is 5.00. The summed E-state index contributed by atoms with van der Waals surface area (Å²) in [6, 6.07) is 7.97. The monoisotopic (exact) mass is 361 g/mol. The number of terminal acetylenes is 1. The largest absolute Gasteiger partial charge is 0.392 e. The fourth-order valence-corrected chi connectivity index (χ4v) is 3.43. The van der Waals surface area contributed by atoms with E-state index < -0.39 is 0 Å². The zero-order chi connectivity index (χ0) is 20.0. The number of hydrogen-bond donors (Lipinski definition) is 1. The van der Waals surface area contributed by atoms with Crippen molar-refractivity contribution in [2.75, 3.05) is 0 Å². The summed E-state index contributed by atoms with van der Waals surface area (Å²) < 4.78 is 0. The van der Waals surface area contributed by atoms with Gasteiger partial charge in [0.15, 0.2) is 0 Å². The molecule has 0 spiro atoms. The number of allylic oxidation sites excluding steroid dienone is 1. The van der Waals surface area contributed by atoms with E-state index in [-0.39, 0.29) is 18.4 Å². The number of aliphatic hydroxyl groups is 1. The fourth-order valence-electron chi connectivity index (χ4n) is 3.43. The third-order valence-corrected chi connectivity index (χ3v) is 4.74. The summed E-state index contributed by atoms with van der Waals surface area (Å²) >= 11 is 0. The first kappa shape index (κ1) is 20.9. The summed E-state index contributed by atoms with van der Waals surface area (Å²) in [6.45, 7) is 10.7. The molecule has 0 radical (unpaired) electrons. The van der Waals surface area contributed by atoms with Crippen LogP contribution in [-0.2, 0) is 6.61 Å². The number of aromatic nitrogens is 1. The zero-order valence-corrected chi connectivity index (χ0v) is 17.2. The lowest BCUT2D eigenvalue weighted by Gasteiger charge is -2.23. The van der Waals surface area contributed by atoms with Crippen molar-refractivity contribution in [3.8, 4) is 23.5 Å². The highest BCUT2D eigenvalue weighted by Crippen LogP contribution is 2.38. The van der Waals surface area contributed by atoms with Gasteiger partial charge in [0.25, 0.3) is 0 Å². The Morgan fingerprint density at radius 2 is 1.78 bits per heavy atom. The van der Waals surface area contributed by atoms with Crippen LogP contribution in [0.3, 0.4) is 0 Å². The van der Waals surface area contributed by atoms with Crippen LogP contribution >= 0.6 is 0 Å². The van der Waals surface area contributed by atoms with Gasteiger partial charge in [-0.3, -0.25) is 4.98 Å². The van der Waals surface area contributed by atoms with E-state index in [0.29, 0.717) is 0 Å². The highest BCUT2D eigenvalue weighted by Gasteiger charge is 2.23. The number of hydrogen-bond acceptors (Lipinski definition) is 2. The number of unbranched alkanes of at least 4 members (excludes halogenated alkanes) is 1. The molecule has 2 aromatic rings. The maximum Gasteiger partial charge on any atom is 0.0706 e. The highest BCUT2D eigenvalue weighted by molar-refractivity contribution is 5.83. The lowest BCUT2D eigenvalue weighted by atomic mass is 9.85. The molecule has 142 valence electrons. The quantitative estimate of drug-likeness (QED) is 0.589. The van der Waals surface area contributed by atoms with E-state index in [1.165, 1.54) is 0 Å². The van der Waals surface area contributed by atoms with Crippen molar-refractivity contribution in [3.63, 3.8) is 0 Å². The van der Waals surface area contributed by atoms with Crippen LogP contribution in [0.5, 0.6) is 0 Å². The predicted octanol–water partition coefficient (Wildman–Crippen LogP) is 6.28. The maximum absolute atomic E-state index is 10.3. The van der Waals surface area contributed by atoms with Crippen LogP contribution in [0.1, 0.15) is 87.4 Å². The third-order valence-electron chi connectivity index (χ3n) is 4.74. The Bertz CT molecular complexity index is 853. The minimum absolute atomic E-state index is 0.0538. The van der Waals surface area contributed by atoms with Crippen LogP contribution in [0, 0.1) is 12.3 Å². The van der Waals surface area contributed by atoms with Gasteiger partial charge in [-0.2, -0.15) is 0 Å². The van der Waals surface area contributed by atoms with Crippen LogP contribution in [0.25, 0.3) is 17.2 Å².